The number of hydrogen-bond acceptors (Lipinski definition) is 3. The summed E-state index contributed by atoms with van der Waals surface area (Å²) in [6, 6.07) is 9.55. The van der Waals surface area contributed by atoms with Crippen LogP contribution in [0.1, 0.15) is 16.8 Å². The van der Waals surface area contributed by atoms with Crippen LogP contribution < -0.4 is 11.2 Å². The second kappa shape index (κ2) is 6.28. The zero-order valence-corrected chi connectivity index (χ0v) is 12.7. The molecule has 6 heteroatoms. The summed E-state index contributed by atoms with van der Waals surface area (Å²) >= 11 is 0. The normalized spacial score (nSPS) is 14.3. The van der Waals surface area contributed by atoms with Gasteiger partial charge in [0.2, 0.25) is 0 Å². The second-order valence-electron chi connectivity index (χ2n) is 5.25. The Bertz CT molecular complexity index is 737. The molecule has 1 aliphatic rings. The molecule has 1 N–H and O–H groups in total. The van der Waals surface area contributed by atoms with Crippen molar-refractivity contribution in [2.24, 2.45) is 0 Å². The summed E-state index contributed by atoms with van der Waals surface area (Å²) in [5.74, 6) is 0. The van der Waals surface area contributed by atoms with Crippen molar-refractivity contribution < 1.29 is 0 Å². The molecule has 0 saturated carbocycles. The third-order valence-electron chi connectivity index (χ3n) is 3.73. The highest BCUT2D eigenvalue weighted by Crippen LogP contribution is 2.10. The molecule has 21 heavy (non-hydrogen) atoms. The Morgan fingerprint density at radius 2 is 1.90 bits per heavy atom. The van der Waals surface area contributed by atoms with Crippen molar-refractivity contribution in [2.75, 3.05) is 13.6 Å². The van der Waals surface area contributed by atoms with E-state index in [1.54, 1.807) is 0 Å². The number of nitrogens with one attached hydrogen (secondary N) is 1. The topological polar surface area (TPSA) is 58.1 Å². The highest BCUT2D eigenvalue weighted by atomic mass is 35.5. The maximum Gasteiger partial charge on any atom is 0.328 e. The van der Waals surface area contributed by atoms with Crippen molar-refractivity contribution in [1.29, 1.82) is 0 Å². The van der Waals surface area contributed by atoms with Crippen LogP contribution in [0.25, 0.3) is 0 Å². The van der Waals surface area contributed by atoms with Gasteiger partial charge in [-0.25, -0.2) is 4.79 Å². The Labute approximate surface area is 128 Å². The van der Waals surface area contributed by atoms with Gasteiger partial charge in [-0.15, -0.1) is 12.4 Å². The first-order chi connectivity index (χ1) is 9.65. The molecule has 0 spiro atoms. The molecule has 2 aromatic rings. The maximum atomic E-state index is 12.5. The minimum Gasteiger partial charge on any atom is -0.311 e. The molecule has 1 aliphatic heterocycles. The molecule has 112 valence electrons. The molecule has 1 aromatic heterocycles. The Balaban J connectivity index is 0.00000161. The largest absolute Gasteiger partial charge is 0.328 e. The minimum atomic E-state index is -0.317. The van der Waals surface area contributed by atoms with E-state index < -0.39 is 0 Å². The highest BCUT2D eigenvalue weighted by Gasteiger charge is 2.19. The summed E-state index contributed by atoms with van der Waals surface area (Å²) in [4.78, 5) is 29.5. The standard InChI is InChI=1S/C15H17N3O2.ClH/c1-17-8-7-13-12(10-17)14(19)18(15(20)16-13)9-11-5-3-2-4-6-11;/h2-6H,7-10H2,1H3,(H,16,20);1H. The molecule has 1 aromatic carbocycles. The number of H-pyrrole nitrogens is 1. The number of halogens is 1. The van der Waals surface area contributed by atoms with Gasteiger partial charge in [-0.3, -0.25) is 9.36 Å². The van der Waals surface area contributed by atoms with Crippen molar-refractivity contribution >= 4 is 12.4 Å². The number of nitrogens with zero attached hydrogens (tertiary/aromatic N) is 2. The van der Waals surface area contributed by atoms with E-state index in [2.05, 4.69) is 9.88 Å². The van der Waals surface area contributed by atoms with E-state index in [-0.39, 0.29) is 23.7 Å². The van der Waals surface area contributed by atoms with Gasteiger partial charge in [0.05, 0.1) is 12.1 Å². The summed E-state index contributed by atoms with van der Waals surface area (Å²) in [5.41, 5.74) is 1.97. The van der Waals surface area contributed by atoms with Crippen LogP contribution in [-0.2, 0) is 19.5 Å². The second-order valence-corrected chi connectivity index (χ2v) is 5.25. The number of fused-ring (bicyclic) bond motifs is 1. The third-order valence-corrected chi connectivity index (χ3v) is 3.73. The van der Waals surface area contributed by atoms with Gasteiger partial charge in [-0.2, -0.15) is 0 Å². The van der Waals surface area contributed by atoms with Crippen LogP contribution in [0.2, 0.25) is 0 Å². The van der Waals surface area contributed by atoms with Crippen LogP contribution in [0.15, 0.2) is 39.9 Å². The molecule has 3 rings (SSSR count). The fraction of sp³-hybridized carbons (Fsp3) is 0.333. The SMILES string of the molecule is CN1CCc2[nH]c(=O)n(Cc3ccccc3)c(=O)c2C1.Cl. The molecule has 0 amide bonds. The zero-order chi connectivity index (χ0) is 14.1. The van der Waals surface area contributed by atoms with Gasteiger partial charge in [0.15, 0.2) is 0 Å². The minimum absolute atomic E-state index is 0. The Morgan fingerprint density at radius 3 is 2.62 bits per heavy atom. The maximum absolute atomic E-state index is 12.5. The zero-order valence-electron chi connectivity index (χ0n) is 11.8. The van der Waals surface area contributed by atoms with Crippen LogP contribution >= 0.6 is 12.4 Å². The first kappa shape index (κ1) is 15.5. The number of likely N-dealkylation sites (N-methyl/N-ethyl adjacent to an activating group) is 1. The van der Waals surface area contributed by atoms with Gasteiger partial charge >= 0.3 is 5.69 Å². The van der Waals surface area contributed by atoms with E-state index in [9.17, 15) is 9.59 Å². The first-order valence-electron chi connectivity index (χ1n) is 6.72. The lowest BCUT2D eigenvalue weighted by molar-refractivity contribution is 0.305. The van der Waals surface area contributed by atoms with Crippen LogP contribution in [-0.4, -0.2) is 28.0 Å². The average molecular weight is 308 g/mol. The van der Waals surface area contributed by atoms with E-state index in [1.165, 1.54) is 4.57 Å². The van der Waals surface area contributed by atoms with Crippen molar-refractivity contribution in [3.63, 3.8) is 0 Å². The number of hydrogen-bond donors (Lipinski definition) is 1. The Morgan fingerprint density at radius 1 is 1.19 bits per heavy atom. The van der Waals surface area contributed by atoms with E-state index >= 15 is 0 Å². The van der Waals surface area contributed by atoms with E-state index in [0.29, 0.717) is 18.7 Å². The summed E-state index contributed by atoms with van der Waals surface area (Å²) in [6.45, 7) is 1.77. The molecule has 0 unspecified atom stereocenters. The summed E-state index contributed by atoms with van der Waals surface area (Å²) in [7, 11) is 1.98. The average Bonchev–Trinajstić information content (AvgIpc) is 2.46. The van der Waals surface area contributed by atoms with Crippen molar-refractivity contribution in [1.82, 2.24) is 14.5 Å². The van der Waals surface area contributed by atoms with Gasteiger partial charge in [0.1, 0.15) is 0 Å². The molecule has 5 nitrogen and oxygen atoms in total. The molecule has 0 aliphatic carbocycles. The molecule has 0 atom stereocenters. The van der Waals surface area contributed by atoms with Crippen LogP contribution in [0, 0.1) is 0 Å². The summed E-state index contributed by atoms with van der Waals surface area (Å²) in [5, 5.41) is 0. The fourth-order valence-electron chi connectivity index (χ4n) is 2.59. The van der Waals surface area contributed by atoms with Crippen molar-refractivity contribution in [3.05, 3.63) is 68.0 Å². The fourth-order valence-corrected chi connectivity index (χ4v) is 2.59. The Kier molecular flexibility index (Phi) is 4.65. The summed E-state index contributed by atoms with van der Waals surface area (Å²) in [6.07, 6.45) is 0.725. The number of aromatic amines is 1. The quantitative estimate of drug-likeness (QED) is 0.900. The number of rotatable bonds is 2. The summed E-state index contributed by atoms with van der Waals surface area (Å²) < 4.78 is 1.29. The van der Waals surface area contributed by atoms with Gasteiger partial charge in [0, 0.05) is 25.2 Å². The molecule has 2 heterocycles. The molecule has 0 fully saturated rings. The molecular formula is C15H18ClN3O2. The number of benzene rings is 1. The van der Waals surface area contributed by atoms with Crippen LogP contribution in [0.3, 0.4) is 0 Å². The van der Waals surface area contributed by atoms with Crippen LogP contribution in [0.5, 0.6) is 0 Å². The van der Waals surface area contributed by atoms with Gasteiger partial charge < -0.3 is 9.88 Å². The lowest BCUT2D eigenvalue weighted by atomic mass is 10.1. The highest BCUT2D eigenvalue weighted by molar-refractivity contribution is 5.85. The molecule has 0 radical (unpaired) electrons. The first-order valence-corrected chi connectivity index (χ1v) is 6.72. The van der Waals surface area contributed by atoms with Gasteiger partial charge in [-0.05, 0) is 12.6 Å². The van der Waals surface area contributed by atoms with E-state index in [4.69, 9.17) is 0 Å². The van der Waals surface area contributed by atoms with E-state index in [0.717, 1.165) is 24.2 Å². The Hall–Kier alpha value is -1.85. The third kappa shape index (κ3) is 3.09. The van der Waals surface area contributed by atoms with Crippen molar-refractivity contribution in [3.8, 4) is 0 Å². The molecular weight excluding hydrogens is 290 g/mol. The monoisotopic (exact) mass is 307 g/mol. The van der Waals surface area contributed by atoms with Gasteiger partial charge in [-0.1, -0.05) is 30.3 Å². The van der Waals surface area contributed by atoms with Crippen molar-refractivity contribution in [2.45, 2.75) is 19.5 Å². The molecule has 0 bridgehead atoms. The lowest BCUT2D eigenvalue weighted by Gasteiger charge is -2.24. The van der Waals surface area contributed by atoms with Gasteiger partial charge in [0.25, 0.3) is 5.56 Å². The van der Waals surface area contributed by atoms with E-state index in [1.807, 2.05) is 37.4 Å². The smallest absolute Gasteiger partial charge is 0.311 e. The van der Waals surface area contributed by atoms with Crippen LogP contribution in [0.4, 0.5) is 0 Å². The lowest BCUT2D eigenvalue weighted by Crippen LogP contribution is -2.43. The number of aromatic nitrogens is 2. The molecule has 0 saturated heterocycles. The predicted molar refractivity (Wildman–Crippen MR) is 84.2 cm³/mol. The predicted octanol–water partition coefficient (Wildman–Crippen LogP) is 0.995.